The molecule has 0 N–H and O–H groups in total. The van der Waals surface area contributed by atoms with Crippen LogP contribution < -0.4 is 11.2 Å². The Morgan fingerprint density at radius 1 is 1.03 bits per heavy atom. The highest BCUT2D eigenvalue weighted by molar-refractivity contribution is 5.76. The molecule has 3 aromatic heterocycles. The van der Waals surface area contributed by atoms with Crippen molar-refractivity contribution in [3.05, 3.63) is 62.1 Å². The van der Waals surface area contributed by atoms with Crippen molar-refractivity contribution in [1.82, 2.24) is 28.0 Å². The molecule has 1 aliphatic heterocycles. The van der Waals surface area contributed by atoms with E-state index in [1.54, 1.807) is 7.05 Å². The molecule has 32 heavy (non-hydrogen) atoms. The van der Waals surface area contributed by atoms with Crippen LogP contribution in [0.3, 0.4) is 0 Å². The number of nitrogens with zero attached hydrogens (tertiary/aromatic N) is 6. The predicted molar refractivity (Wildman–Crippen MR) is 123 cm³/mol. The third-order valence-corrected chi connectivity index (χ3v) is 6.52. The van der Waals surface area contributed by atoms with Gasteiger partial charge in [0.15, 0.2) is 11.2 Å². The Morgan fingerprint density at radius 2 is 1.78 bits per heavy atom. The summed E-state index contributed by atoms with van der Waals surface area (Å²) in [6.45, 7) is 10.1. The highest BCUT2D eigenvalue weighted by Crippen LogP contribution is 2.22. The van der Waals surface area contributed by atoms with Gasteiger partial charge in [-0.1, -0.05) is 6.07 Å². The Morgan fingerprint density at radius 3 is 2.50 bits per heavy atom. The van der Waals surface area contributed by atoms with Gasteiger partial charge in [0, 0.05) is 50.8 Å². The number of hydrogen-bond donors (Lipinski definition) is 0. The minimum atomic E-state index is -0.342. The zero-order valence-corrected chi connectivity index (χ0v) is 19.0. The van der Waals surface area contributed by atoms with E-state index < -0.39 is 0 Å². The summed E-state index contributed by atoms with van der Waals surface area (Å²) in [4.78, 5) is 33.4. The Labute approximate surface area is 185 Å². The van der Waals surface area contributed by atoms with Crippen LogP contribution in [0.4, 0.5) is 0 Å². The van der Waals surface area contributed by atoms with Crippen LogP contribution in [0, 0.1) is 20.8 Å². The second-order valence-electron chi connectivity index (χ2n) is 8.58. The van der Waals surface area contributed by atoms with Crippen molar-refractivity contribution in [2.75, 3.05) is 32.8 Å². The molecule has 0 radical (unpaired) electrons. The average Bonchev–Trinajstić information content (AvgIpc) is 3.29. The van der Waals surface area contributed by atoms with Crippen molar-refractivity contribution >= 4 is 16.9 Å². The predicted octanol–water partition coefficient (Wildman–Crippen LogP) is 1.40. The van der Waals surface area contributed by atoms with Crippen molar-refractivity contribution in [1.29, 1.82) is 0 Å². The van der Waals surface area contributed by atoms with Crippen molar-refractivity contribution in [2.24, 2.45) is 7.05 Å². The van der Waals surface area contributed by atoms with E-state index >= 15 is 0 Å². The Balaban J connectivity index is 1.66. The average molecular weight is 437 g/mol. The summed E-state index contributed by atoms with van der Waals surface area (Å²) < 4.78 is 12.0. The smallest absolute Gasteiger partial charge is 0.332 e. The fourth-order valence-corrected chi connectivity index (χ4v) is 4.46. The molecule has 0 unspecified atom stereocenters. The maximum Gasteiger partial charge on any atom is 0.332 e. The molecule has 1 fully saturated rings. The first-order chi connectivity index (χ1) is 15.4. The summed E-state index contributed by atoms with van der Waals surface area (Å²) in [5, 5.41) is 0. The summed E-state index contributed by atoms with van der Waals surface area (Å²) in [6, 6.07) is 6.24. The van der Waals surface area contributed by atoms with E-state index in [4.69, 9.17) is 9.72 Å². The second kappa shape index (κ2) is 7.75. The molecule has 1 saturated heterocycles. The number of hydrogen-bond acceptors (Lipinski definition) is 5. The van der Waals surface area contributed by atoms with Crippen LogP contribution in [0.1, 0.15) is 16.8 Å². The van der Waals surface area contributed by atoms with E-state index in [-0.39, 0.29) is 11.2 Å². The van der Waals surface area contributed by atoms with Gasteiger partial charge in [-0.05, 0) is 44.0 Å². The zero-order chi connectivity index (χ0) is 22.6. The molecule has 0 bridgehead atoms. The summed E-state index contributed by atoms with van der Waals surface area (Å²) in [5.41, 5.74) is 4.52. The van der Waals surface area contributed by atoms with Gasteiger partial charge in [-0.15, -0.1) is 0 Å². The molecule has 1 aliphatic rings. The topological polar surface area (TPSA) is 78.7 Å². The van der Waals surface area contributed by atoms with Crippen LogP contribution >= 0.6 is 0 Å². The number of imidazole rings is 2. The molecule has 0 saturated carbocycles. The monoisotopic (exact) mass is 436 g/mol. The van der Waals surface area contributed by atoms with Crippen molar-refractivity contribution in [2.45, 2.75) is 27.3 Å². The zero-order valence-electron chi connectivity index (χ0n) is 19.0. The van der Waals surface area contributed by atoms with Gasteiger partial charge in [0.2, 0.25) is 5.78 Å². The number of aryl methyl sites for hydroxylation is 4. The van der Waals surface area contributed by atoms with E-state index in [0.29, 0.717) is 43.2 Å². The maximum absolute atomic E-state index is 13.4. The minimum absolute atomic E-state index is 0.305. The van der Waals surface area contributed by atoms with Crippen LogP contribution in [0.25, 0.3) is 22.6 Å². The third-order valence-electron chi connectivity index (χ3n) is 6.52. The Bertz CT molecular complexity index is 1450. The number of fused-ring (bicyclic) bond motifs is 3. The molecule has 168 valence electrons. The van der Waals surface area contributed by atoms with Gasteiger partial charge in [-0.25, -0.2) is 4.79 Å². The summed E-state index contributed by atoms with van der Waals surface area (Å²) in [7, 11) is 1.68. The number of aromatic nitrogens is 5. The standard InChI is InChI=1S/C23H28N6O3/c1-15-5-6-18(13-16(15)2)29-17(3)14-28-19-20(24-22(28)29)25(4)23(31)27(21(19)30)8-7-26-9-11-32-12-10-26/h5-6,13-14H,7-12H2,1-4H3. The number of morpholine rings is 1. The fraction of sp³-hybridized carbons (Fsp3) is 0.435. The number of benzene rings is 1. The molecule has 1 aromatic carbocycles. The Hall–Kier alpha value is -3.17. The molecule has 0 atom stereocenters. The van der Waals surface area contributed by atoms with Gasteiger partial charge in [0.1, 0.15) is 0 Å². The normalized spacial score (nSPS) is 15.2. The molecule has 4 aromatic rings. The lowest BCUT2D eigenvalue weighted by Crippen LogP contribution is -2.44. The van der Waals surface area contributed by atoms with Gasteiger partial charge < -0.3 is 4.74 Å². The lowest BCUT2D eigenvalue weighted by Gasteiger charge is -2.26. The van der Waals surface area contributed by atoms with Crippen LogP contribution in [0.15, 0.2) is 34.0 Å². The molecule has 0 spiro atoms. The molecule has 9 nitrogen and oxygen atoms in total. The number of rotatable bonds is 4. The maximum atomic E-state index is 13.4. The number of ether oxygens (including phenoxy) is 1. The van der Waals surface area contributed by atoms with E-state index in [2.05, 4.69) is 30.9 Å². The minimum Gasteiger partial charge on any atom is -0.379 e. The van der Waals surface area contributed by atoms with Crippen LogP contribution in [0.2, 0.25) is 0 Å². The van der Waals surface area contributed by atoms with Crippen molar-refractivity contribution < 1.29 is 4.74 Å². The van der Waals surface area contributed by atoms with Crippen LogP contribution in [0.5, 0.6) is 0 Å². The summed E-state index contributed by atoms with van der Waals surface area (Å²) in [5.74, 6) is 0.624. The van der Waals surface area contributed by atoms with Crippen LogP contribution in [-0.4, -0.2) is 60.8 Å². The lowest BCUT2D eigenvalue weighted by atomic mass is 10.1. The first-order valence-electron chi connectivity index (χ1n) is 10.9. The largest absolute Gasteiger partial charge is 0.379 e. The molecule has 5 rings (SSSR count). The van der Waals surface area contributed by atoms with Gasteiger partial charge in [-0.2, -0.15) is 4.98 Å². The van der Waals surface area contributed by atoms with Crippen molar-refractivity contribution in [3.8, 4) is 5.69 Å². The van der Waals surface area contributed by atoms with E-state index in [1.807, 2.05) is 28.2 Å². The SMILES string of the molecule is Cc1ccc(-n2c(C)cn3c4c(=O)n(CCN5CCOCC5)c(=O)n(C)c4nc23)cc1C. The first-order valence-corrected chi connectivity index (χ1v) is 10.9. The Kier molecular flexibility index (Phi) is 5.02. The highest BCUT2D eigenvalue weighted by Gasteiger charge is 2.21. The van der Waals surface area contributed by atoms with E-state index in [0.717, 1.165) is 24.5 Å². The van der Waals surface area contributed by atoms with Gasteiger partial charge in [0.25, 0.3) is 5.56 Å². The second-order valence-corrected chi connectivity index (χ2v) is 8.58. The van der Waals surface area contributed by atoms with Crippen LogP contribution in [-0.2, 0) is 18.3 Å². The van der Waals surface area contributed by atoms with E-state index in [9.17, 15) is 9.59 Å². The molecule has 0 aliphatic carbocycles. The molecular weight excluding hydrogens is 408 g/mol. The fourth-order valence-electron chi connectivity index (χ4n) is 4.46. The molecule has 0 amide bonds. The lowest BCUT2D eigenvalue weighted by molar-refractivity contribution is 0.0361. The quantitative estimate of drug-likeness (QED) is 0.483. The van der Waals surface area contributed by atoms with Gasteiger partial charge >= 0.3 is 5.69 Å². The molecular formula is C23H28N6O3. The van der Waals surface area contributed by atoms with E-state index in [1.165, 1.54) is 20.3 Å². The highest BCUT2D eigenvalue weighted by atomic mass is 16.5. The summed E-state index contributed by atoms with van der Waals surface area (Å²) >= 11 is 0. The molecule has 4 heterocycles. The third kappa shape index (κ3) is 3.20. The van der Waals surface area contributed by atoms with Gasteiger partial charge in [-0.3, -0.25) is 27.8 Å². The molecule has 9 heteroatoms. The first kappa shape index (κ1) is 20.7. The van der Waals surface area contributed by atoms with Crippen molar-refractivity contribution in [3.63, 3.8) is 0 Å². The summed E-state index contributed by atoms with van der Waals surface area (Å²) in [6.07, 6.45) is 1.91. The van der Waals surface area contributed by atoms with Gasteiger partial charge in [0.05, 0.1) is 13.2 Å².